The fraction of sp³-hybridized carbons (Fsp3) is 0.611. The lowest BCUT2D eigenvalue weighted by Crippen LogP contribution is -2.34. The smallest absolute Gasteiger partial charge is 0.272 e. The lowest BCUT2D eigenvalue weighted by atomic mass is 9.92. The molecule has 0 spiro atoms. The fourth-order valence-electron chi connectivity index (χ4n) is 3.23. The molecule has 0 aliphatic heterocycles. The third-order valence-electron chi connectivity index (χ3n) is 4.90. The van der Waals surface area contributed by atoms with E-state index in [1.165, 1.54) is 0 Å². The summed E-state index contributed by atoms with van der Waals surface area (Å²) in [4.78, 5) is 20.3. The van der Waals surface area contributed by atoms with Crippen LogP contribution in [0.4, 0.5) is 8.78 Å². The van der Waals surface area contributed by atoms with E-state index in [-0.39, 0.29) is 18.2 Å². The molecule has 1 atom stereocenters. The topological polar surface area (TPSA) is 104 Å². The molecule has 0 bridgehead atoms. The fourth-order valence-corrected chi connectivity index (χ4v) is 3.23. The van der Waals surface area contributed by atoms with Gasteiger partial charge in [-0.05, 0) is 44.4 Å². The van der Waals surface area contributed by atoms with E-state index in [0.29, 0.717) is 17.4 Å². The van der Waals surface area contributed by atoms with Crippen LogP contribution in [0.25, 0.3) is 0 Å². The number of aliphatic imine (C=N–C) groups is 1. The normalized spacial score (nSPS) is 20.1. The van der Waals surface area contributed by atoms with Crippen molar-refractivity contribution >= 4 is 11.7 Å². The summed E-state index contributed by atoms with van der Waals surface area (Å²) < 4.78 is 30.3. The molecule has 1 aromatic heterocycles. The Morgan fingerprint density at radius 2 is 2.08 bits per heavy atom. The molecule has 2 aliphatic rings. The first-order chi connectivity index (χ1) is 12.3. The Kier molecular flexibility index (Phi) is 5.11. The van der Waals surface area contributed by atoms with E-state index >= 15 is 0 Å². The van der Waals surface area contributed by atoms with Crippen LogP contribution in [0.3, 0.4) is 0 Å². The monoisotopic (exact) mass is 366 g/mol. The molecule has 2 saturated carbocycles. The molecule has 0 unspecified atom stereocenters. The van der Waals surface area contributed by atoms with Gasteiger partial charge in [-0.25, -0.2) is 8.78 Å². The third kappa shape index (κ3) is 4.47. The Balaban J connectivity index is 1.86. The summed E-state index contributed by atoms with van der Waals surface area (Å²) in [5.74, 6) is 0.653. The zero-order valence-electron chi connectivity index (χ0n) is 14.8. The Bertz CT molecular complexity index is 717. The number of aromatic nitrogens is 1. The van der Waals surface area contributed by atoms with E-state index < -0.39 is 24.5 Å². The number of primary amides is 1. The summed E-state index contributed by atoms with van der Waals surface area (Å²) in [5.41, 5.74) is 12.0. The number of carbonyl (C=O) groups is 1. The quantitative estimate of drug-likeness (QED) is 0.517. The number of alkyl halides is 2. The van der Waals surface area contributed by atoms with Gasteiger partial charge in [0.15, 0.2) is 0 Å². The molecule has 6 nitrogen and oxygen atoms in total. The number of pyridine rings is 1. The predicted octanol–water partition coefficient (Wildman–Crippen LogP) is 2.35. The standard InChI is InChI=1S/C18H24F2N4O2/c1-18(7-16(21)25,11-4-5-11)24-17(22)13-6-14(26-9-15(19)20)12(8-23-13)10-2-3-10/h6,8,10-11,15H,2-5,7,9H2,1H3,(H2,21,25)(H2,22,24)/t18-/m1/s1. The van der Waals surface area contributed by atoms with Crippen molar-refractivity contribution in [2.24, 2.45) is 22.4 Å². The Morgan fingerprint density at radius 3 is 2.62 bits per heavy atom. The van der Waals surface area contributed by atoms with Crippen LogP contribution < -0.4 is 16.2 Å². The predicted molar refractivity (Wildman–Crippen MR) is 93.4 cm³/mol. The number of amides is 1. The zero-order valence-corrected chi connectivity index (χ0v) is 14.8. The van der Waals surface area contributed by atoms with E-state index in [0.717, 1.165) is 31.2 Å². The Labute approximate surface area is 151 Å². The molecule has 142 valence electrons. The van der Waals surface area contributed by atoms with Gasteiger partial charge in [0.2, 0.25) is 5.91 Å². The number of rotatable bonds is 9. The van der Waals surface area contributed by atoms with Crippen LogP contribution in [-0.2, 0) is 4.79 Å². The molecule has 26 heavy (non-hydrogen) atoms. The molecule has 1 amide bonds. The second-order valence-corrected chi connectivity index (χ2v) is 7.36. The average Bonchev–Trinajstić information content (AvgIpc) is 3.44. The van der Waals surface area contributed by atoms with Crippen LogP contribution in [0.1, 0.15) is 56.2 Å². The number of nitrogens with zero attached hydrogens (tertiary/aromatic N) is 2. The van der Waals surface area contributed by atoms with Gasteiger partial charge >= 0.3 is 0 Å². The SMILES string of the molecule is C[C@](CC(N)=O)(N=C(N)c1cc(OCC(F)F)c(C2CC2)cn1)C1CC1. The van der Waals surface area contributed by atoms with Crippen molar-refractivity contribution < 1.29 is 18.3 Å². The Morgan fingerprint density at radius 1 is 1.38 bits per heavy atom. The highest BCUT2D eigenvalue weighted by molar-refractivity contribution is 5.96. The molecule has 0 saturated heterocycles. The van der Waals surface area contributed by atoms with Crippen LogP contribution in [0.5, 0.6) is 5.75 Å². The maximum absolute atomic E-state index is 12.5. The molecule has 2 fully saturated rings. The number of hydrogen-bond acceptors (Lipinski definition) is 4. The molecule has 0 aromatic carbocycles. The van der Waals surface area contributed by atoms with Crippen LogP contribution in [-0.4, -0.2) is 35.3 Å². The maximum Gasteiger partial charge on any atom is 0.272 e. The van der Waals surface area contributed by atoms with Gasteiger partial charge in [-0.3, -0.25) is 14.8 Å². The van der Waals surface area contributed by atoms with Gasteiger partial charge in [0.05, 0.1) is 12.0 Å². The number of hydrogen-bond donors (Lipinski definition) is 2. The highest BCUT2D eigenvalue weighted by Gasteiger charge is 2.43. The molecule has 4 N–H and O–H groups in total. The Hall–Kier alpha value is -2.25. The number of nitrogens with two attached hydrogens (primary N) is 2. The van der Waals surface area contributed by atoms with Gasteiger partial charge < -0.3 is 16.2 Å². The van der Waals surface area contributed by atoms with Crippen molar-refractivity contribution in [1.82, 2.24) is 4.98 Å². The first-order valence-electron chi connectivity index (χ1n) is 8.83. The summed E-state index contributed by atoms with van der Waals surface area (Å²) in [6.45, 7) is 1.18. The second kappa shape index (κ2) is 7.17. The first-order valence-corrected chi connectivity index (χ1v) is 8.83. The van der Waals surface area contributed by atoms with Gasteiger partial charge in [-0.2, -0.15) is 0 Å². The van der Waals surface area contributed by atoms with Gasteiger partial charge in [0, 0.05) is 17.8 Å². The lowest BCUT2D eigenvalue weighted by Gasteiger charge is -2.24. The molecular formula is C18H24F2N4O2. The van der Waals surface area contributed by atoms with Crippen LogP contribution in [0.2, 0.25) is 0 Å². The van der Waals surface area contributed by atoms with Crippen molar-refractivity contribution in [2.45, 2.75) is 56.9 Å². The second-order valence-electron chi connectivity index (χ2n) is 7.36. The average molecular weight is 366 g/mol. The van der Waals surface area contributed by atoms with E-state index in [4.69, 9.17) is 16.2 Å². The third-order valence-corrected chi connectivity index (χ3v) is 4.90. The van der Waals surface area contributed by atoms with Crippen molar-refractivity contribution in [3.8, 4) is 5.75 Å². The summed E-state index contributed by atoms with van der Waals surface area (Å²) in [7, 11) is 0. The molecule has 1 heterocycles. The summed E-state index contributed by atoms with van der Waals surface area (Å²) in [6, 6.07) is 1.56. The van der Waals surface area contributed by atoms with Crippen LogP contribution in [0, 0.1) is 5.92 Å². The molecule has 0 radical (unpaired) electrons. The number of ether oxygens (including phenoxy) is 1. The highest BCUT2D eigenvalue weighted by Crippen LogP contribution is 2.45. The van der Waals surface area contributed by atoms with Crippen LogP contribution >= 0.6 is 0 Å². The summed E-state index contributed by atoms with van der Waals surface area (Å²) >= 11 is 0. The molecule has 3 rings (SSSR count). The largest absolute Gasteiger partial charge is 0.487 e. The molecule has 1 aromatic rings. The van der Waals surface area contributed by atoms with Crippen molar-refractivity contribution in [2.75, 3.05) is 6.61 Å². The zero-order chi connectivity index (χ0) is 18.9. The van der Waals surface area contributed by atoms with Gasteiger partial charge in [-0.15, -0.1) is 0 Å². The minimum atomic E-state index is -2.56. The molecule has 2 aliphatic carbocycles. The van der Waals surface area contributed by atoms with Crippen molar-refractivity contribution in [3.63, 3.8) is 0 Å². The van der Waals surface area contributed by atoms with E-state index in [1.807, 2.05) is 6.92 Å². The first kappa shape index (κ1) is 18.5. The summed E-state index contributed by atoms with van der Waals surface area (Å²) in [6.07, 6.45) is 3.10. The number of halogens is 2. The highest BCUT2D eigenvalue weighted by atomic mass is 19.3. The van der Waals surface area contributed by atoms with Gasteiger partial charge in [0.25, 0.3) is 6.43 Å². The van der Waals surface area contributed by atoms with Gasteiger partial charge in [0.1, 0.15) is 23.9 Å². The van der Waals surface area contributed by atoms with Gasteiger partial charge in [-0.1, -0.05) is 0 Å². The lowest BCUT2D eigenvalue weighted by molar-refractivity contribution is -0.119. The molecule has 8 heteroatoms. The van der Waals surface area contributed by atoms with Crippen molar-refractivity contribution in [1.29, 1.82) is 0 Å². The molecular weight excluding hydrogens is 342 g/mol. The van der Waals surface area contributed by atoms with E-state index in [9.17, 15) is 13.6 Å². The summed E-state index contributed by atoms with van der Waals surface area (Å²) in [5, 5.41) is 0. The number of amidine groups is 1. The van der Waals surface area contributed by atoms with E-state index in [2.05, 4.69) is 9.98 Å². The van der Waals surface area contributed by atoms with E-state index in [1.54, 1.807) is 12.3 Å². The number of carbonyl (C=O) groups excluding carboxylic acids is 1. The van der Waals surface area contributed by atoms with Crippen LogP contribution in [0.15, 0.2) is 17.3 Å². The maximum atomic E-state index is 12.5. The minimum absolute atomic E-state index is 0.104. The minimum Gasteiger partial charge on any atom is -0.487 e. The van der Waals surface area contributed by atoms with Crippen molar-refractivity contribution in [3.05, 3.63) is 23.5 Å².